The van der Waals surface area contributed by atoms with Gasteiger partial charge in [0, 0.05) is 12.7 Å². The van der Waals surface area contributed by atoms with Crippen LogP contribution in [-0.2, 0) is 4.79 Å². The molecule has 0 saturated heterocycles. The normalized spacial score (nSPS) is 12.3. The number of aromatic nitrogens is 3. The van der Waals surface area contributed by atoms with E-state index in [9.17, 15) is 9.59 Å². The van der Waals surface area contributed by atoms with Crippen LogP contribution in [0.4, 0.5) is 5.69 Å². The molecule has 7 heteroatoms. The average Bonchev–Trinajstić information content (AvgIpc) is 2.95. The summed E-state index contributed by atoms with van der Waals surface area (Å²) in [4.78, 5) is 31.0. The number of benzene rings is 1. The molecule has 1 aromatic carbocycles. The summed E-state index contributed by atoms with van der Waals surface area (Å²) in [6, 6.07) is 6.92. The molecule has 0 aliphatic heterocycles. The van der Waals surface area contributed by atoms with Gasteiger partial charge in [0.25, 0.3) is 11.3 Å². The summed E-state index contributed by atoms with van der Waals surface area (Å²) in [5, 5.41) is 4.05. The predicted molar refractivity (Wildman–Crippen MR) is 90.1 cm³/mol. The lowest BCUT2D eigenvalue weighted by molar-refractivity contribution is -0.121. The van der Waals surface area contributed by atoms with Crippen LogP contribution >= 0.6 is 0 Å². The predicted octanol–water partition coefficient (Wildman–Crippen LogP) is 2.23. The molecule has 2 aromatic heterocycles. The van der Waals surface area contributed by atoms with E-state index >= 15 is 0 Å². The summed E-state index contributed by atoms with van der Waals surface area (Å²) >= 11 is 0. The fraction of sp³-hybridized carbons (Fsp3) is 0.294. The van der Waals surface area contributed by atoms with Gasteiger partial charge in [0.15, 0.2) is 0 Å². The van der Waals surface area contributed by atoms with Crippen LogP contribution in [0.5, 0.6) is 0 Å². The molecular formula is C17H18N4O3. The van der Waals surface area contributed by atoms with Crippen molar-refractivity contribution in [3.05, 3.63) is 52.2 Å². The molecule has 0 spiro atoms. The van der Waals surface area contributed by atoms with Crippen molar-refractivity contribution in [1.82, 2.24) is 14.7 Å². The summed E-state index contributed by atoms with van der Waals surface area (Å²) in [5.74, 6) is -0.210. The molecule has 124 valence electrons. The molecule has 24 heavy (non-hydrogen) atoms. The van der Waals surface area contributed by atoms with Gasteiger partial charge in [-0.05, 0) is 38.5 Å². The van der Waals surface area contributed by atoms with Crippen molar-refractivity contribution in [3.63, 3.8) is 0 Å². The van der Waals surface area contributed by atoms with Crippen LogP contribution in [0.1, 0.15) is 24.2 Å². The molecule has 1 amide bonds. The largest absolute Gasteiger partial charge is 0.335 e. The monoisotopic (exact) mass is 326 g/mol. The van der Waals surface area contributed by atoms with Crippen LogP contribution < -0.4 is 10.5 Å². The number of likely N-dealkylation sites (N-methyl/N-ethyl adjacent to an activating group) is 1. The maximum atomic E-state index is 12.8. The van der Waals surface area contributed by atoms with Gasteiger partial charge in [0.2, 0.25) is 5.91 Å². The number of aryl methyl sites for hydroxylation is 2. The Kier molecular flexibility index (Phi) is 3.92. The first-order chi connectivity index (χ1) is 11.4. The zero-order valence-electron chi connectivity index (χ0n) is 14.0. The average molecular weight is 326 g/mol. The molecule has 1 atom stereocenters. The lowest BCUT2D eigenvalue weighted by atomic mass is 10.2. The maximum absolute atomic E-state index is 12.8. The van der Waals surface area contributed by atoms with E-state index in [1.807, 2.05) is 31.2 Å². The number of nitrogens with zero attached hydrogens (tertiary/aromatic N) is 4. The van der Waals surface area contributed by atoms with Crippen molar-refractivity contribution in [2.75, 3.05) is 11.9 Å². The summed E-state index contributed by atoms with van der Waals surface area (Å²) < 4.78 is 6.29. The molecule has 0 unspecified atom stereocenters. The van der Waals surface area contributed by atoms with E-state index < -0.39 is 6.04 Å². The first-order valence-corrected chi connectivity index (χ1v) is 7.57. The Morgan fingerprint density at radius 2 is 2.08 bits per heavy atom. The van der Waals surface area contributed by atoms with Crippen molar-refractivity contribution < 1.29 is 9.32 Å². The quantitative estimate of drug-likeness (QED) is 0.737. The van der Waals surface area contributed by atoms with Crippen LogP contribution in [0.2, 0.25) is 0 Å². The Balaban J connectivity index is 1.98. The highest BCUT2D eigenvalue weighted by Gasteiger charge is 2.23. The number of fused-ring (bicyclic) bond motifs is 1. The molecule has 0 saturated carbocycles. The summed E-state index contributed by atoms with van der Waals surface area (Å²) in [5.41, 5.74) is 2.14. The lowest BCUT2D eigenvalue weighted by Gasteiger charge is -2.23. The third kappa shape index (κ3) is 2.58. The highest BCUT2D eigenvalue weighted by molar-refractivity contribution is 5.95. The number of carbonyl (C=O) groups excluding carboxylic acids is 1. The van der Waals surface area contributed by atoms with Crippen molar-refractivity contribution in [2.24, 2.45) is 0 Å². The molecule has 0 bridgehead atoms. The van der Waals surface area contributed by atoms with Gasteiger partial charge in [-0.2, -0.15) is 0 Å². The van der Waals surface area contributed by atoms with E-state index in [2.05, 4.69) is 10.1 Å². The van der Waals surface area contributed by atoms with Crippen LogP contribution in [0.25, 0.3) is 11.1 Å². The Labute approximate surface area is 138 Å². The second kappa shape index (κ2) is 5.92. The van der Waals surface area contributed by atoms with E-state index in [-0.39, 0.29) is 17.2 Å². The van der Waals surface area contributed by atoms with Crippen molar-refractivity contribution in [2.45, 2.75) is 26.8 Å². The molecule has 0 fully saturated rings. The molecule has 0 aliphatic rings. The zero-order chi connectivity index (χ0) is 17.4. The van der Waals surface area contributed by atoms with E-state index in [1.54, 1.807) is 20.9 Å². The van der Waals surface area contributed by atoms with Gasteiger partial charge in [-0.15, -0.1) is 0 Å². The van der Waals surface area contributed by atoms with E-state index in [1.165, 1.54) is 15.8 Å². The van der Waals surface area contributed by atoms with Crippen molar-refractivity contribution in [1.29, 1.82) is 0 Å². The Hall–Kier alpha value is -2.96. The van der Waals surface area contributed by atoms with Crippen LogP contribution in [-0.4, -0.2) is 27.7 Å². The van der Waals surface area contributed by atoms with Crippen molar-refractivity contribution in [3.8, 4) is 0 Å². The Morgan fingerprint density at radius 1 is 1.33 bits per heavy atom. The first-order valence-electron chi connectivity index (χ1n) is 7.57. The third-order valence-electron chi connectivity index (χ3n) is 4.09. The number of amides is 1. The van der Waals surface area contributed by atoms with E-state index in [0.717, 1.165) is 11.3 Å². The van der Waals surface area contributed by atoms with E-state index in [4.69, 9.17) is 4.52 Å². The summed E-state index contributed by atoms with van der Waals surface area (Å²) in [6.45, 7) is 5.30. The standard InChI is InChI=1S/C17H18N4O3/c1-10-6-5-7-13(8-10)20(4)16(22)12(3)21-9-18-15-14(17(21)23)11(2)19-24-15/h5-9,12H,1-4H3/t12-/m0/s1. The molecule has 3 rings (SSSR count). The first kappa shape index (κ1) is 15.9. The minimum absolute atomic E-state index is 0.181. The van der Waals surface area contributed by atoms with E-state index in [0.29, 0.717) is 11.1 Å². The Morgan fingerprint density at radius 3 is 2.79 bits per heavy atom. The van der Waals surface area contributed by atoms with Gasteiger partial charge in [-0.1, -0.05) is 17.3 Å². The molecule has 3 aromatic rings. The van der Waals surface area contributed by atoms with Gasteiger partial charge in [0.05, 0.1) is 5.69 Å². The maximum Gasteiger partial charge on any atom is 0.267 e. The lowest BCUT2D eigenvalue weighted by Crippen LogP contribution is -2.37. The minimum Gasteiger partial charge on any atom is -0.335 e. The zero-order valence-corrected chi connectivity index (χ0v) is 14.0. The third-order valence-corrected chi connectivity index (χ3v) is 4.09. The number of hydrogen-bond donors (Lipinski definition) is 0. The van der Waals surface area contributed by atoms with Crippen molar-refractivity contribution >= 4 is 22.7 Å². The topological polar surface area (TPSA) is 81.2 Å². The van der Waals surface area contributed by atoms with Crippen LogP contribution in [0.3, 0.4) is 0 Å². The number of rotatable bonds is 3. The van der Waals surface area contributed by atoms with Gasteiger partial charge < -0.3 is 9.42 Å². The molecule has 0 N–H and O–H groups in total. The Bertz CT molecular complexity index is 973. The van der Waals surface area contributed by atoms with Gasteiger partial charge in [-0.3, -0.25) is 14.2 Å². The van der Waals surface area contributed by atoms with Gasteiger partial charge in [0.1, 0.15) is 17.8 Å². The fourth-order valence-corrected chi connectivity index (χ4v) is 2.63. The molecule has 0 radical (unpaired) electrons. The second-order valence-electron chi connectivity index (χ2n) is 5.82. The number of carbonyl (C=O) groups is 1. The van der Waals surface area contributed by atoms with Crippen LogP contribution in [0.15, 0.2) is 39.9 Å². The smallest absolute Gasteiger partial charge is 0.267 e. The highest BCUT2D eigenvalue weighted by Crippen LogP contribution is 2.19. The molecule has 7 nitrogen and oxygen atoms in total. The number of anilines is 1. The summed E-state index contributed by atoms with van der Waals surface area (Å²) in [7, 11) is 1.69. The van der Waals surface area contributed by atoms with Gasteiger partial charge >= 0.3 is 0 Å². The molecular weight excluding hydrogens is 308 g/mol. The second-order valence-corrected chi connectivity index (χ2v) is 5.82. The fourth-order valence-electron chi connectivity index (χ4n) is 2.63. The van der Waals surface area contributed by atoms with Gasteiger partial charge in [-0.25, -0.2) is 4.98 Å². The summed E-state index contributed by atoms with van der Waals surface area (Å²) in [6.07, 6.45) is 1.32. The van der Waals surface area contributed by atoms with Crippen LogP contribution in [0, 0.1) is 13.8 Å². The SMILES string of the molecule is Cc1cccc(N(C)C(=O)[C@H](C)n2cnc3onc(C)c3c2=O)c1. The minimum atomic E-state index is -0.700. The number of hydrogen-bond acceptors (Lipinski definition) is 5. The molecule has 0 aliphatic carbocycles. The molecule has 2 heterocycles. The highest BCUT2D eigenvalue weighted by atomic mass is 16.5.